The van der Waals surface area contributed by atoms with E-state index in [0.29, 0.717) is 6.10 Å². The molecule has 0 aliphatic rings. The highest BCUT2D eigenvalue weighted by molar-refractivity contribution is 4.56. The summed E-state index contributed by atoms with van der Waals surface area (Å²) in [6.07, 6.45) is 3.03. The Bertz CT molecular complexity index is 140. The first-order valence-electron chi connectivity index (χ1n) is 6.04. The molecule has 0 amide bonds. The molecule has 1 atom stereocenters. The van der Waals surface area contributed by atoms with Gasteiger partial charge in [-0.15, -0.1) is 0 Å². The fourth-order valence-corrected chi connectivity index (χ4v) is 1.36. The highest BCUT2D eigenvalue weighted by atomic mass is 16.5. The number of aliphatic hydroxyl groups excluding tert-OH is 1. The first-order valence-corrected chi connectivity index (χ1v) is 6.04. The normalized spacial score (nSPS) is 13.8. The smallest absolute Gasteiger partial charge is 0.0596 e. The van der Waals surface area contributed by atoms with Gasteiger partial charge in [-0.1, -0.05) is 6.92 Å². The van der Waals surface area contributed by atoms with Crippen LogP contribution in [-0.4, -0.2) is 49.0 Å². The Labute approximate surface area is 94.4 Å². The summed E-state index contributed by atoms with van der Waals surface area (Å²) >= 11 is 0. The van der Waals surface area contributed by atoms with E-state index >= 15 is 0 Å². The second-order valence-electron chi connectivity index (χ2n) is 4.43. The van der Waals surface area contributed by atoms with Crippen molar-refractivity contribution < 1.29 is 9.84 Å². The number of nitrogens with zero attached hydrogens (tertiary/aromatic N) is 1. The van der Waals surface area contributed by atoms with Crippen molar-refractivity contribution in [1.82, 2.24) is 4.90 Å². The molecule has 1 unspecified atom stereocenters. The number of hydrogen-bond donors (Lipinski definition) is 1. The minimum atomic E-state index is -0.120. The molecule has 0 bridgehead atoms. The van der Waals surface area contributed by atoms with Crippen molar-refractivity contribution >= 4 is 0 Å². The van der Waals surface area contributed by atoms with Crippen LogP contribution < -0.4 is 0 Å². The molecule has 0 aromatic heterocycles. The van der Waals surface area contributed by atoms with Gasteiger partial charge in [0, 0.05) is 6.54 Å². The maximum atomic E-state index is 9.38. The maximum absolute atomic E-state index is 9.38. The summed E-state index contributed by atoms with van der Waals surface area (Å²) in [6.45, 7) is 8.93. The van der Waals surface area contributed by atoms with Crippen molar-refractivity contribution in [2.24, 2.45) is 0 Å². The van der Waals surface area contributed by atoms with Crippen LogP contribution in [0.5, 0.6) is 0 Å². The molecule has 0 saturated heterocycles. The van der Waals surface area contributed by atoms with Crippen LogP contribution in [0.3, 0.4) is 0 Å². The minimum Gasteiger partial charge on any atom is -0.393 e. The molecule has 0 fully saturated rings. The second kappa shape index (κ2) is 9.13. The van der Waals surface area contributed by atoms with Gasteiger partial charge in [0.15, 0.2) is 0 Å². The molecular formula is C12H27NO2. The van der Waals surface area contributed by atoms with Gasteiger partial charge in [-0.3, -0.25) is 0 Å². The van der Waals surface area contributed by atoms with Crippen LogP contribution in [0.4, 0.5) is 0 Å². The SMILES string of the molecule is CCC(O)CCCN(C)CCOC(C)C. The first kappa shape index (κ1) is 14.9. The van der Waals surface area contributed by atoms with E-state index < -0.39 is 0 Å². The van der Waals surface area contributed by atoms with E-state index in [1.165, 1.54) is 0 Å². The molecule has 0 aliphatic heterocycles. The quantitative estimate of drug-likeness (QED) is 0.640. The lowest BCUT2D eigenvalue weighted by molar-refractivity contribution is 0.0627. The molecule has 0 aliphatic carbocycles. The predicted molar refractivity (Wildman–Crippen MR) is 64.1 cm³/mol. The average Bonchev–Trinajstić information content (AvgIpc) is 2.17. The molecule has 0 spiro atoms. The highest BCUT2D eigenvalue weighted by Crippen LogP contribution is 2.01. The molecule has 0 heterocycles. The van der Waals surface area contributed by atoms with Crippen molar-refractivity contribution in [3.63, 3.8) is 0 Å². The summed E-state index contributed by atoms with van der Waals surface area (Å²) < 4.78 is 5.47. The molecule has 92 valence electrons. The third kappa shape index (κ3) is 10.2. The van der Waals surface area contributed by atoms with Gasteiger partial charge in [-0.2, -0.15) is 0 Å². The van der Waals surface area contributed by atoms with Gasteiger partial charge in [0.25, 0.3) is 0 Å². The molecule has 0 radical (unpaired) electrons. The molecule has 1 N–H and O–H groups in total. The van der Waals surface area contributed by atoms with E-state index in [0.717, 1.165) is 39.0 Å². The van der Waals surface area contributed by atoms with Crippen molar-refractivity contribution in [2.75, 3.05) is 26.7 Å². The van der Waals surface area contributed by atoms with Gasteiger partial charge in [0.1, 0.15) is 0 Å². The van der Waals surface area contributed by atoms with Gasteiger partial charge in [-0.05, 0) is 46.7 Å². The van der Waals surface area contributed by atoms with E-state index in [1.807, 2.05) is 6.92 Å². The molecule has 0 aromatic rings. The summed E-state index contributed by atoms with van der Waals surface area (Å²) in [4.78, 5) is 2.25. The van der Waals surface area contributed by atoms with E-state index in [9.17, 15) is 5.11 Å². The lowest BCUT2D eigenvalue weighted by Gasteiger charge is -2.18. The minimum absolute atomic E-state index is 0.120. The average molecular weight is 217 g/mol. The Kier molecular flexibility index (Phi) is 9.06. The Morgan fingerprint density at radius 3 is 2.47 bits per heavy atom. The van der Waals surface area contributed by atoms with Crippen LogP contribution >= 0.6 is 0 Å². The van der Waals surface area contributed by atoms with Crippen LogP contribution in [0.1, 0.15) is 40.0 Å². The monoisotopic (exact) mass is 217 g/mol. The van der Waals surface area contributed by atoms with E-state index in [-0.39, 0.29) is 6.10 Å². The number of likely N-dealkylation sites (N-methyl/N-ethyl adjacent to an activating group) is 1. The molecule has 3 heteroatoms. The predicted octanol–water partition coefficient (Wildman–Crippen LogP) is 1.89. The van der Waals surface area contributed by atoms with Crippen molar-refractivity contribution in [1.29, 1.82) is 0 Å². The second-order valence-corrected chi connectivity index (χ2v) is 4.43. The third-order valence-corrected chi connectivity index (χ3v) is 2.47. The molecule has 0 aromatic carbocycles. The van der Waals surface area contributed by atoms with Gasteiger partial charge < -0.3 is 14.7 Å². The molecule has 3 nitrogen and oxygen atoms in total. The standard InChI is InChI=1S/C12H27NO2/c1-5-12(14)7-6-8-13(4)9-10-15-11(2)3/h11-12,14H,5-10H2,1-4H3. The topological polar surface area (TPSA) is 32.7 Å². The molecule has 15 heavy (non-hydrogen) atoms. The van der Waals surface area contributed by atoms with Gasteiger partial charge in [0.05, 0.1) is 18.8 Å². The lowest BCUT2D eigenvalue weighted by atomic mass is 10.1. The molecule has 0 saturated carbocycles. The Morgan fingerprint density at radius 2 is 1.93 bits per heavy atom. The number of hydrogen-bond acceptors (Lipinski definition) is 3. The molecular weight excluding hydrogens is 190 g/mol. The fourth-order valence-electron chi connectivity index (χ4n) is 1.36. The van der Waals surface area contributed by atoms with Crippen molar-refractivity contribution in [2.45, 2.75) is 52.2 Å². The van der Waals surface area contributed by atoms with E-state index in [2.05, 4.69) is 25.8 Å². The summed E-state index contributed by atoms with van der Waals surface area (Å²) in [5.41, 5.74) is 0. The summed E-state index contributed by atoms with van der Waals surface area (Å²) in [6, 6.07) is 0. The van der Waals surface area contributed by atoms with E-state index in [4.69, 9.17) is 4.74 Å². The summed E-state index contributed by atoms with van der Waals surface area (Å²) in [7, 11) is 2.10. The summed E-state index contributed by atoms with van der Waals surface area (Å²) in [5.74, 6) is 0. The number of ether oxygens (including phenoxy) is 1. The van der Waals surface area contributed by atoms with Crippen molar-refractivity contribution in [3.8, 4) is 0 Å². The van der Waals surface area contributed by atoms with Crippen LogP contribution in [0.25, 0.3) is 0 Å². The number of aliphatic hydroxyl groups is 1. The largest absolute Gasteiger partial charge is 0.393 e. The van der Waals surface area contributed by atoms with E-state index in [1.54, 1.807) is 0 Å². The zero-order chi connectivity index (χ0) is 11.7. The van der Waals surface area contributed by atoms with Crippen LogP contribution in [0, 0.1) is 0 Å². The van der Waals surface area contributed by atoms with Gasteiger partial charge >= 0.3 is 0 Å². The Morgan fingerprint density at radius 1 is 1.27 bits per heavy atom. The van der Waals surface area contributed by atoms with Crippen LogP contribution in [0.15, 0.2) is 0 Å². The zero-order valence-corrected chi connectivity index (χ0v) is 10.7. The third-order valence-electron chi connectivity index (χ3n) is 2.47. The lowest BCUT2D eigenvalue weighted by Crippen LogP contribution is -2.26. The van der Waals surface area contributed by atoms with Crippen LogP contribution in [-0.2, 0) is 4.74 Å². The Hall–Kier alpha value is -0.120. The fraction of sp³-hybridized carbons (Fsp3) is 1.00. The molecule has 0 rings (SSSR count). The van der Waals surface area contributed by atoms with Crippen molar-refractivity contribution in [3.05, 3.63) is 0 Å². The van der Waals surface area contributed by atoms with Gasteiger partial charge in [-0.25, -0.2) is 0 Å². The van der Waals surface area contributed by atoms with Gasteiger partial charge in [0.2, 0.25) is 0 Å². The first-order chi connectivity index (χ1) is 7.06. The number of rotatable bonds is 9. The highest BCUT2D eigenvalue weighted by Gasteiger charge is 2.03. The maximum Gasteiger partial charge on any atom is 0.0596 e. The zero-order valence-electron chi connectivity index (χ0n) is 10.7. The Balaban J connectivity index is 3.29. The summed E-state index contributed by atoms with van der Waals surface area (Å²) in [5, 5.41) is 9.38. The van der Waals surface area contributed by atoms with Crippen LogP contribution in [0.2, 0.25) is 0 Å².